The zero-order chi connectivity index (χ0) is 24.6. The molecule has 0 aromatic heterocycles. The van der Waals surface area contributed by atoms with Crippen LogP contribution in [-0.2, 0) is 18.8 Å². The van der Waals surface area contributed by atoms with Crippen molar-refractivity contribution < 1.29 is 41.0 Å². The van der Waals surface area contributed by atoms with Gasteiger partial charge in [-0.05, 0) is 60.2 Å². The fourth-order valence-corrected chi connectivity index (χ4v) is 3.37. The lowest BCUT2D eigenvalue weighted by atomic mass is 10.0. The number of aromatic hydroxyl groups is 1. The van der Waals surface area contributed by atoms with Crippen molar-refractivity contribution in [1.82, 2.24) is 0 Å². The van der Waals surface area contributed by atoms with Gasteiger partial charge in [0.1, 0.15) is 11.5 Å². The van der Waals surface area contributed by atoms with Gasteiger partial charge < -0.3 is 9.84 Å². The molecule has 3 aromatic rings. The Morgan fingerprint density at radius 2 is 1.42 bits per heavy atom. The lowest BCUT2D eigenvalue weighted by molar-refractivity contribution is -0.141. The van der Waals surface area contributed by atoms with Gasteiger partial charge in [0.15, 0.2) is 0 Å². The first kappa shape index (κ1) is 24.7. The van der Waals surface area contributed by atoms with Crippen LogP contribution in [0.5, 0.6) is 11.5 Å². The quantitative estimate of drug-likeness (QED) is 0.225. The molecule has 0 atom stereocenters. The summed E-state index contributed by atoms with van der Waals surface area (Å²) in [6.45, 7) is 0. The first-order chi connectivity index (χ1) is 15.3. The van der Waals surface area contributed by atoms with Gasteiger partial charge in [0.2, 0.25) is 0 Å². The topological polar surface area (TPSA) is 46.5 Å². The molecule has 0 aliphatic carbocycles. The molecule has 0 heterocycles. The molecule has 0 radical (unpaired) electrons. The predicted molar refractivity (Wildman–Crippen MR) is 109 cm³/mol. The summed E-state index contributed by atoms with van der Waals surface area (Å²) < 4.78 is 84.1. The van der Waals surface area contributed by atoms with Crippen LogP contribution in [0.15, 0.2) is 54.6 Å². The molecular formula is C22H12Cl2F6O3. The van der Waals surface area contributed by atoms with Crippen LogP contribution in [0.4, 0.5) is 26.3 Å². The third-order valence-corrected chi connectivity index (χ3v) is 4.99. The van der Waals surface area contributed by atoms with E-state index in [-0.39, 0.29) is 57.3 Å². The van der Waals surface area contributed by atoms with E-state index < -0.39 is 35.0 Å². The summed E-state index contributed by atoms with van der Waals surface area (Å²) >= 11 is 11.9. The number of carbonyl (C=O) groups excluding carboxylic acids is 1. The number of hydrogen-bond donors (Lipinski definition) is 1. The second-order valence-electron chi connectivity index (χ2n) is 6.85. The van der Waals surface area contributed by atoms with Gasteiger partial charge in [-0.15, -0.1) is 0 Å². The average molecular weight is 509 g/mol. The molecule has 174 valence electrons. The zero-order valence-electron chi connectivity index (χ0n) is 16.2. The number of halogens is 8. The Morgan fingerprint density at radius 3 is 2.03 bits per heavy atom. The number of hydrogen-bond acceptors (Lipinski definition) is 3. The Kier molecular flexibility index (Phi) is 6.85. The van der Waals surface area contributed by atoms with E-state index in [4.69, 9.17) is 27.9 Å². The van der Waals surface area contributed by atoms with E-state index in [0.717, 1.165) is 0 Å². The average Bonchev–Trinajstić information content (AvgIpc) is 2.71. The highest BCUT2D eigenvalue weighted by atomic mass is 35.5. The number of phenols is 1. The molecule has 0 aliphatic rings. The SMILES string of the molecule is O=C(Oc1ccc(Cl)cc1Cc1cc(Cl)ccc1O)c1cc(C(F)(F)F)ccc1C(F)(F)F. The molecule has 0 bridgehead atoms. The summed E-state index contributed by atoms with van der Waals surface area (Å²) in [5, 5.41) is 10.5. The minimum Gasteiger partial charge on any atom is -0.508 e. The van der Waals surface area contributed by atoms with Gasteiger partial charge in [-0.1, -0.05) is 23.2 Å². The standard InChI is InChI=1S/C22H12Cl2F6O3/c23-14-2-5-18(31)11(8-14)7-12-9-15(24)3-6-19(12)33-20(32)16-10-13(21(25,26)27)1-4-17(16)22(28,29)30/h1-6,8-10,31H,7H2. The highest BCUT2D eigenvalue weighted by Gasteiger charge is 2.39. The van der Waals surface area contributed by atoms with Crippen LogP contribution in [0.25, 0.3) is 0 Å². The van der Waals surface area contributed by atoms with Crippen molar-refractivity contribution in [2.24, 2.45) is 0 Å². The Balaban J connectivity index is 2.02. The van der Waals surface area contributed by atoms with E-state index in [1.54, 1.807) is 0 Å². The lowest BCUT2D eigenvalue weighted by Gasteiger charge is -2.16. The molecule has 0 amide bonds. The molecule has 3 aromatic carbocycles. The highest BCUT2D eigenvalue weighted by Crippen LogP contribution is 2.37. The van der Waals surface area contributed by atoms with Crippen LogP contribution < -0.4 is 4.74 Å². The van der Waals surface area contributed by atoms with Gasteiger partial charge in [0.25, 0.3) is 0 Å². The number of esters is 1. The van der Waals surface area contributed by atoms with Crippen LogP contribution >= 0.6 is 23.2 Å². The summed E-state index contributed by atoms with van der Waals surface area (Å²) in [6.07, 6.45) is -10.2. The van der Waals surface area contributed by atoms with E-state index in [1.165, 1.54) is 36.4 Å². The van der Waals surface area contributed by atoms with Crippen LogP contribution in [0, 0.1) is 0 Å². The van der Waals surface area contributed by atoms with Crippen LogP contribution in [0.1, 0.15) is 32.6 Å². The van der Waals surface area contributed by atoms with E-state index in [9.17, 15) is 36.2 Å². The first-order valence-corrected chi connectivity index (χ1v) is 9.77. The molecule has 11 heteroatoms. The largest absolute Gasteiger partial charge is 0.508 e. The van der Waals surface area contributed by atoms with Crippen LogP contribution in [0.3, 0.4) is 0 Å². The number of carbonyl (C=O) groups is 1. The van der Waals surface area contributed by atoms with Crippen molar-refractivity contribution in [3.8, 4) is 11.5 Å². The Morgan fingerprint density at radius 1 is 0.818 bits per heavy atom. The van der Waals surface area contributed by atoms with Gasteiger partial charge >= 0.3 is 18.3 Å². The first-order valence-electron chi connectivity index (χ1n) is 9.02. The fraction of sp³-hybridized carbons (Fsp3) is 0.136. The summed E-state index contributed by atoms with van der Waals surface area (Å²) in [4.78, 5) is 12.6. The summed E-state index contributed by atoms with van der Waals surface area (Å²) in [6, 6.07) is 8.43. The minimum atomic E-state index is -5.10. The smallest absolute Gasteiger partial charge is 0.417 e. The number of alkyl halides is 6. The summed E-state index contributed by atoms with van der Waals surface area (Å²) in [5.74, 6) is -2.06. The molecule has 0 saturated carbocycles. The van der Waals surface area contributed by atoms with Gasteiger partial charge in [-0.3, -0.25) is 0 Å². The van der Waals surface area contributed by atoms with Crippen LogP contribution in [-0.4, -0.2) is 11.1 Å². The molecule has 0 spiro atoms. The number of benzene rings is 3. The molecular weight excluding hydrogens is 497 g/mol. The second-order valence-corrected chi connectivity index (χ2v) is 7.72. The molecule has 3 rings (SSSR count). The monoisotopic (exact) mass is 508 g/mol. The van der Waals surface area contributed by atoms with Crippen molar-refractivity contribution in [3.05, 3.63) is 92.5 Å². The zero-order valence-corrected chi connectivity index (χ0v) is 17.7. The predicted octanol–water partition coefficient (Wildman–Crippen LogP) is 7.55. The maximum atomic E-state index is 13.3. The van der Waals surface area contributed by atoms with Crippen molar-refractivity contribution in [1.29, 1.82) is 0 Å². The van der Waals surface area contributed by atoms with Crippen molar-refractivity contribution in [3.63, 3.8) is 0 Å². The number of ether oxygens (including phenoxy) is 1. The Labute approximate surface area is 193 Å². The third kappa shape index (κ3) is 5.91. The Hall–Kier alpha value is -2.91. The summed E-state index contributed by atoms with van der Waals surface area (Å²) in [5.41, 5.74) is -3.86. The summed E-state index contributed by atoms with van der Waals surface area (Å²) in [7, 11) is 0. The number of rotatable bonds is 4. The van der Waals surface area contributed by atoms with Gasteiger partial charge in [-0.2, -0.15) is 26.3 Å². The van der Waals surface area contributed by atoms with Gasteiger partial charge in [-0.25, -0.2) is 4.79 Å². The molecule has 0 aliphatic heterocycles. The van der Waals surface area contributed by atoms with E-state index in [0.29, 0.717) is 0 Å². The molecule has 0 fully saturated rings. The molecule has 0 unspecified atom stereocenters. The lowest BCUT2D eigenvalue weighted by Crippen LogP contribution is -2.19. The van der Waals surface area contributed by atoms with Crippen molar-refractivity contribution >= 4 is 29.2 Å². The van der Waals surface area contributed by atoms with Gasteiger partial charge in [0.05, 0.1) is 16.7 Å². The molecule has 0 saturated heterocycles. The van der Waals surface area contributed by atoms with Crippen molar-refractivity contribution in [2.75, 3.05) is 0 Å². The van der Waals surface area contributed by atoms with Crippen molar-refractivity contribution in [2.45, 2.75) is 18.8 Å². The van der Waals surface area contributed by atoms with E-state index in [2.05, 4.69) is 0 Å². The molecule has 1 N–H and O–H groups in total. The fourth-order valence-electron chi connectivity index (χ4n) is 2.98. The minimum absolute atomic E-state index is 0.0869. The van der Waals surface area contributed by atoms with Crippen LogP contribution in [0.2, 0.25) is 10.0 Å². The van der Waals surface area contributed by atoms with E-state index in [1.807, 2.05) is 0 Å². The maximum Gasteiger partial charge on any atom is 0.417 e. The molecule has 33 heavy (non-hydrogen) atoms. The normalized spacial score (nSPS) is 12.0. The number of phenolic OH excluding ortho intramolecular Hbond substituents is 1. The Bertz CT molecular complexity index is 1210. The maximum absolute atomic E-state index is 13.3. The highest BCUT2D eigenvalue weighted by molar-refractivity contribution is 6.31. The second kappa shape index (κ2) is 9.15. The van der Waals surface area contributed by atoms with E-state index >= 15 is 0 Å². The molecule has 3 nitrogen and oxygen atoms in total. The van der Waals surface area contributed by atoms with Gasteiger partial charge in [0, 0.05) is 22.0 Å². The third-order valence-electron chi connectivity index (χ3n) is 4.52.